The first-order valence-corrected chi connectivity index (χ1v) is 11.4. The van der Waals surface area contributed by atoms with Crippen LogP contribution in [0.1, 0.15) is 19.4 Å². The molecule has 1 amide bonds. The second kappa shape index (κ2) is 9.91. The minimum atomic E-state index is -3.68. The molecule has 1 unspecified atom stereocenters. The summed E-state index contributed by atoms with van der Waals surface area (Å²) in [6, 6.07) is 8.59. The molecule has 1 aliphatic rings. The van der Waals surface area contributed by atoms with Crippen molar-refractivity contribution in [2.24, 2.45) is 0 Å². The maximum absolute atomic E-state index is 12.5. The van der Waals surface area contributed by atoms with Gasteiger partial charge in [-0.1, -0.05) is 30.3 Å². The van der Waals surface area contributed by atoms with Crippen molar-refractivity contribution in [1.82, 2.24) is 9.62 Å². The number of sulfonamides is 1. The van der Waals surface area contributed by atoms with Gasteiger partial charge in [-0.2, -0.15) is 4.31 Å². The van der Waals surface area contributed by atoms with Crippen molar-refractivity contribution in [1.29, 1.82) is 0 Å². The van der Waals surface area contributed by atoms with E-state index >= 15 is 0 Å². The van der Waals surface area contributed by atoms with Crippen molar-refractivity contribution in [3.8, 4) is 0 Å². The first-order valence-electron chi connectivity index (χ1n) is 8.60. The Morgan fingerprint density at radius 1 is 1.33 bits per heavy atom. The quantitative estimate of drug-likeness (QED) is 0.514. The Morgan fingerprint density at radius 2 is 2.04 bits per heavy atom. The number of ether oxygens (including phenoxy) is 1. The zero-order valence-electron chi connectivity index (χ0n) is 15.4. The van der Waals surface area contributed by atoms with Gasteiger partial charge in [0.05, 0.1) is 18.2 Å². The molecule has 1 aromatic rings. The van der Waals surface area contributed by atoms with E-state index in [0.717, 1.165) is 9.87 Å². The molecule has 2 rings (SSSR count). The molecule has 1 saturated heterocycles. The van der Waals surface area contributed by atoms with Gasteiger partial charge in [0.25, 0.3) is 0 Å². The van der Waals surface area contributed by atoms with Crippen LogP contribution in [-0.2, 0) is 24.3 Å². The SMILES string of the molecule is CCOC(=O)C1CSCN1S(=O)(=O)CCNC(=O)/C(C)=C/c1ccccc1. The number of nitrogens with one attached hydrogen (secondary N) is 1. The number of hydrogen-bond donors (Lipinski definition) is 1. The lowest BCUT2D eigenvalue weighted by molar-refractivity contribution is -0.146. The number of carbonyl (C=O) groups is 2. The third kappa shape index (κ3) is 6.08. The summed E-state index contributed by atoms with van der Waals surface area (Å²) in [4.78, 5) is 24.1. The third-order valence-electron chi connectivity index (χ3n) is 3.94. The van der Waals surface area contributed by atoms with Crippen molar-refractivity contribution in [2.75, 3.05) is 30.5 Å². The first-order chi connectivity index (χ1) is 12.8. The molecule has 1 N–H and O–H groups in total. The molecule has 0 saturated carbocycles. The van der Waals surface area contributed by atoms with Crippen LogP contribution in [0.25, 0.3) is 6.08 Å². The average Bonchev–Trinajstić information content (AvgIpc) is 3.13. The Bertz CT molecular complexity index is 793. The van der Waals surface area contributed by atoms with Crippen molar-refractivity contribution >= 4 is 39.7 Å². The molecule has 9 heteroatoms. The van der Waals surface area contributed by atoms with E-state index in [1.165, 1.54) is 11.8 Å². The second-order valence-corrected chi connectivity index (χ2v) is 9.01. The van der Waals surface area contributed by atoms with E-state index in [2.05, 4.69) is 5.32 Å². The van der Waals surface area contributed by atoms with Crippen LogP contribution in [0.2, 0.25) is 0 Å². The molecular weight excluding hydrogens is 388 g/mol. The summed E-state index contributed by atoms with van der Waals surface area (Å²) in [7, 11) is -3.68. The Hall–Kier alpha value is -1.84. The summed E-state index contributed by atoms with van der Waals surface area (Å²) in [6.45, 7) is 3.53. The number of carbonyl (C=O) groups excluding carboxylic acids is 2. The average molecular weight is 413 g/mol. The summed E-state index contributed by atoms with van der Waals surface area (Å²) < 4.78 is 31.2. The van der Waals surface area contributed by atoms with Gasteiger partial charge in [-0.15, -0.1) is 11.8 Å². The smallest absolute Gasteiger partial charge is 0.325 e. The van der Waals surface area contributed by atoms with Gasteiger partial charge < -0.3 is 10.1 Å². The van der Waals surface area contributed by atoms with Crippen molar-refractivity contribution in [3.05, 3.63) is 41.5 Å². The molecule has 0 aromatic heterocycles. The fourth-order valence-electron chi connectivity index (χ4n) is 2.54. The van der Waals surface area contributed by atoms with Crippen LogP contribution in [0.4, 0.5) is 0 Å². The molecule has 27 heavy (non-hydrogen) atoms. The Balaban J connectivity index is 1.90. The third-order valence-corrected chi connectivity index (χ3v) is 6.94. The van der Waals surface area contributed by atoms with E-state index in [4.69, 9.17) is 4.74 Å². The fourth-order valence-corrected chi connectivity index (χ4v) is 5.65. The Morgan fingerprint density at radius 3 is 2.70 bits per heavy atom. The first kappa shape index (κ1) is 21.5. The van der Waals surface area contributed by atoms with Gasteiger partial charge >= 0.3 is 5.97 Å². The Kier molecular flexibility index (Phi) is 7.88. The molecule has 1 atom stereocenters. The summed E-state index contributed by atoms with van der Waals surface area (Å²) >= 11 is 1.37. The lowest BCUT2D eigenvalue weighted by Crippen LogP contribution is -2.45. The molecule has 148 valence electrons. The number of nitrogens with zero attached hydrogens (tertiary/aromatic N) is 1. The minimum absolute atomic E-state index is 0.0299. The predicted molar refractivity (Wildman–Crippen MR) is 106 cm³/mol. The van der Waals surface area contributed by atoms with Crippen LogP contribution in [0.15, 0.2) is 35.9 Å². The number of thioether (sulfide) groups is 1. The normalized spacial score (nSPS) is 18.3. The lowest BCUT2D eigenvalue weighted by atomic mass is 10.1. The monoisotopic (exact) mass is 412 g/mol. The largest absolute Gasteiger partial charge is 0.465 e. The van der Waals surface area contributed by atoms with Crippen LogP contribution in [0.5, 0.6) is 0 Å². The number of amides is 1. The fraction of sp³-hybridized carbons (Fsp3) is 0.444. The standard InChI is InChI=1S/C18H24N2O5S2/c1-3-25-18(22)16-12-26-13-20(16)27(23,24)10-9-19-17(21)14(2)11-15-7-5-4-6-8-15/h4-8,11,16H,3,9-10,12-13H2,1-2H3,(H,19,21)/b14-11+. The lowest BCUT2D eigenvalue weighted by Gasteiger charge is -2.21. The van der Waals surface area contributed by atoms with E-state index in [-0.39, 0.29) is 30.7 Å². The second-order valence-electron chi connectivity index (χ2n) is 5.96. The van der Waals surface area contributed by atoms with Crippen LogP contribution in [0.3, 0.4) is 0 Å². The van der Waals surface area contributed by atoms with Gasteiger partial charge in [0.2, 0.25) is 15.9 Å². The topological polar surface area (TPSA) is 92.8 Å². The highest BCUT2D eigenvalue weighted by molar-refractivity contribution is 8.00. The van der Waals surface area contributed by atoms with E-state index in [0.29, 0.717) is 11.3 Å². The molecule has 1 aliphatic heterocycles. The minimum Gasteiger partial charge on any atom is -0.465 e. The summed E-state index contributed by atoms with van der Waals surface area (Å²) in [5.41, 5.74) is 1.38. The van der Waals surface area contributed by atoms with Crippen LogP contribution < -0.4 is 5.32 Å². The number of esters is 1. The number of rotatable bonds is 8. The zero-order valence-corrected chi connectivity index (χ0v) is 17.0. The highest BCUT2D eigenvalue weighted by Crippen LogP contribution is 2.25. The van der Waals surface area contributed by atoms with E-state index < -0.39 is 22.0 Å². The zero-order chi connectivity index (χ0) is 19.9. The van der Waals surface area contributed by atoms with Crippen molar-refractivity contribution < 1.29 is 22.7 Å². The van der Waals surface area contributed by atoms with Gasteiger partial charge in [0.1, 0.15) is 6.04 Å². The highest BCUT2D eigenvalue weighted by Gasteiger charge is 2.39. The molecule has 7 nitrogen and oxygen atoms in total. The molecule has 0 radical (unpaired) electrons. The van der Waals surface area contributed by atoms with Crippen LogP contribution >= 0.6 is 11.8 Å². The maximum atomic E-state index is 12.5. The predicted octanol–water partition coefficient (Wildman–Crippen LogP) is 1.47. The van der Waals surface area contributed by atoms with Crippen molar-refractivity contribution in [2.45, 2.75) is 19.9 Å². The summed E-state index contributed by atoms with van der Waals surface area (Å²) in [5.74, 6) is -0.535. The molecular formula is C18H24N2O5S2. The number of hydrogen-bond acceptors (Lipinski definition) is 6. The molecule has 0 spiro atoms. The van der Waals surface area contributed by atoms with Crippen molar-refractivity contribution in [3.63, 3.8) is 0 Å². The van der Waals surface area contributed by atoms with E-state index in [1.54, 1.807) is 19.9 Å². The van der Waals surface area contributed by atoms with Gasteiger partial charge in [0.15, 0.2) is 0 Å². The van der Waals surface area contributed by atoms with Gasteiger partial charge in [-0.25, -0.2) is 8.42 Å². The molecule has 1 fully saturated rings. The molecule has 0 aliphatic carbocycles. The molecule has 1 heterocycles. The van der Waals surface area contributed by atoms with Crippen LogP contribution in [-0.4, -0.2) is 61.2 Å². The van der Waals surface area contributed by atoms with Gasteiger partial charge in [-0.05, 0) is 25.5 Å². The summed E-state index contributed by atoms with van der Waals surface area (Å²) in [6.07, 6.45) is 1.73. The molecule has 1 aromatic carbocycles. The van der Waals surface area contributed by atoms with Gasteiger partial charge in [-0.3, -0.25) is 9.59 Å². The Labute approximate surface area is 164 Å². The van der Waals surface area contributed by atoms with E-state index in [9.17, 15) is 18.0 Å². The van der Waals surface area contributed by atoms with E-state index in [1.807, 2.05) is 30.3 Å². The number of benzene rings is 1. The molecule has 0 bridgehead atoms. The maximum Gasteiger partial charge on any atom is 0.325 e. The highest BCUT2D eigenvalue weighted by atomic mass is 32.2. The van der Waals surface area contributed by atoms with Crippen LogP contribution in [0, 0.1) is 0 Å². The summed E-state index contributed by atoms with van der Waals surface area (Å²) in [5, 5.41) is 2.62. The van der Waals surface area contributed by atoms with Gasteiger partial charge in [0, 0.05) is 17.9 Å².